The Balaban J connectivity index is 0.00000161. The van der Waals surface area contributed by atoms with Crippen molar-refractivity contribution in [2.45, 2.75) is 6.54 Å². The van der Waals surface area contributed by atoms with Gasteiger partial charge in [0, 0.05) is 0 Å². The molecule has 0 radical (unpaired) electrons. The molecule has 0 aliphatic heterocycles. The van der Waals surface area contributed by atoms with Gasteiger partial charge in [-0.3, -0.25) is 4.98 Å². The van der Waals surface area contributed by atoms with Gasteiger partial charge in [-0.05, 0) is 17.7 Å². The van der Waals surface area contributed by atoms with E-state index in [2.05, 4.69) is 4.98 Å². The number of hydrogen-bond donors (Lipinski definition) is 1. The molecule has 0 saturated carbocycles. The van der Waals surface area contributed by atoms with Gasteiger partial charge in [0.15, 0.2) is 0 Å². The van der Waals surface area contributed by atoms with E-state index in [1.54, 1.807) is 12.1 Å². The molecule has 3 aromatic rings. The van der Waals surface area contributed by atoms with Crippen LogP contribution in [0, 0.1) is 0 Å². The minimum atomic E-state index is -0.433. The van der Waals surface area contributed by atoms with Crippen molar-refractivity contribution in [1.82, 2.24) is 14.3 Å². The molecular formula is C15H13KN3O2+. The fourth-order valence-electron chi connectivity index (χ4n) is 2.13. The Hall–Kier alpha value is -1.18. The van der Waals surface area contributed by atoms with Crippen molar-refractivity contribution in [3.8, 4) is 5.69 Å². The van der Waals surface area contributed by atoms with E-state index in [0.717, 1.165) is 5.56 Å². The summed E-state index contributed by atoms with van der Waals surface area (Å²) in [4.78, 5) is 26.2. The topological polar surface area (TPSA) is 59.8 Å². The molecule has 0 aliphatic rings. The molecule has 100 valence electrons. The first-order valence-electron chi connectivity index (χ1n) is 6.27. The van der Waals surface area contributed by atoms with E-state index in [4.69, 9.17) is 0 Å². The summed E-state index contributed by atoms with van der Waals surface area (Å²) in [6.45, 7) is 0.341. The van der Waals surface area contributed by atoms with Gasteiger partial charge in [-0.15, -0.1) is 0 Å². The summed E-state index contributed by atoms with van der Waals surface area (Å²) in [5, 5.41) is 0. The van der Waals surface area contributed by atoms with Crippen molar-refractivity contribution in [3.63, 3.8) is 0 Å². The maximum atomic E-state index is 11.9. The summed E-state index contributed by atoms with van der Waals surface area (Å²) >= 11 is 0. The van der Waals surface area contributed by atoms with Crippen molar-refractivity contribution >= 4 is 0 Å². The van der Waals surface area contributed by atoms with Crippen LogP contribution >= 0.6 is 0 Å². The minimum Gasteiger partial charge on any atom is -0.256 e. The number of aromatic nitrogens is 3. The van der Waals surface area contributed by atoms with Gasteiger partial charge >= 0.3 is 62.8 Å². The Morgan fingerprint density at radius 3 is 2.00 bits per heavy atom. The summed E-state index contributed by atoms with van der Waals surface area (Å²) in [7, 11) is 0. The van der Waals surface area contributed by atoms with E-state index in [0.29, 0.717) is 12.2 Å². The predicted molar refractivity (Wildman–Crippen MR) is 76.2 cm³/mol. The quantitative estimate of drug-likeness (QED) is 0.591. The van der Waals surface area contributed by atoms with Gasteiger partial charge in [-0.25, -0.2) is 14.3 Å². The summed E-state index contributed by atoms with van der Waals surface area (Å²) in [6, 6.07) is 18.6. The molecule has 0 saturated heterocycles. The first-order valence-corrected chi connectivity index (χ1v) is 6.27. The summed E-state index contributed by atoms with van der Waals surface area (Å²) in [5.74, 6) is 0. The zero-order chi connectivity index (χ0) is 13.9. The maximum absolute atomic E-state index is 11.9. The molecule has 21 heavy (non-hydrogen) atoms. The number of benzene rings is 2. The van der Waals surface area contributed by atoms with Gasteiger partial charge in [-0.1, -0.05) is 48.5 Å². The molecule has 0 bridgehead atoms. The molecular weight excluding hydrogens is 293 g/mol. The van der Waals surface area contributed by atoms with Gasteiger partial charge in [0.25, 0.3) is 0 Å². The van der Waals surface area contributed by atoms with Crippen molar-refractivity contribution in [2.75, 3.05) is 0 Å². The molecule has 2 aromatic carbocycles. The SMILES string of the molecule is O=c1[nH]c(=O)n(-c2ccccc2)n1Cc1ccccc1.[K+]. The Morgan fingerprint density at radius 1 is 0.810 bits per heavy atom. The third-order valence-corrected chi connectivity index (χ3v) is 3.06. The normalized spacial score (nSPS) is 10.1. The van der Waals surface area contributed by atoms with E-state index >= 15 is 0 Å². The second-order valence-corrected chi connectivity index (χ2v) is 4.43. The second-order valence-electron chi connectivity index (χ2n) is 4.43. The molecule has 0 spiro atoms. The van der Waals surface area contributed by atoms with Crippen LogP contribution in [0.15, 0.2) is 70.3 Å². The molecule has 0 aliphatic carbocycles. The third kappa shape index (κ3) is 3.53. The number of H-pyrrole nitrogens is 1. The van der Waals surface area contributed by atoms with Crippen LogP contribution in [-0.2, 0) is 6.54 Å². The molecule has 6 heteroatoms. The van der Waals surface area contributed by atoms with E-state index in [1.165, 1.54) is 9.36 Å². The van der Waals surface area contributed by atoms with Gasteiger partial charge in [0.1, 0.15) is 0 Å². The minimum absolute atomic E-state index is 0. The van der Waals surface area contributed by atoms with Crippen LogP contribution in [0.5, 0.6) is 0 Å². The number of nitrogens with zero attached hydrogens (tertiary/aromatic N) is 2. The average molecular weight is 306 g/mol. The first-order chi connectivity index (χ1) is 9.75. The van der Waals surface area contributed by atoms with Crippen LogP contribution in [0.1, 0.15) is 5.56 Å². The Labute approximate surface area is 163 Å². The zero-order valence-corrected chi connectivity index (χ0v) is 14.8. The van der Waals surface area contributed by atoms with Crippen molar-refractivity contribution in [1.29, 1.82) is 0 Å². The van der Waals surface area contributed by atoms with E-state index in [1.807, 2.05) is 48.5 Å². The third-order valence-electron chi connectivity index (χ3n) is 3.06. The summed E-state index contributed by atoms with van der Waals surface area (Å²) in [5.41, 5.74) is 0.768. The fraction of sp³-hybridized carbons (Fsp3) is 0.0667. The Bertz CT molecular complexity index is 819. The molecule has 0 fully saturated rings. The van der Waals surface area contributed by atoms with Crippen LogP contribution in [-0.4, -0.2) is 14.3 Å². The Kier molecular flexibility index (Phi) is 5.55. The smallest absolute Gasteiger partial charge is 0.256 e. The first kappa shape index (κ1) is 16.2. The zero-order valence-electron chi connectivity index (χ0n) is 11.7. The van der Waals surface area contributed by atoms with Crippen molar-refractivity contribution < 1.29 is 51.4 Å². The fourth-order valence-corrected chi connectivity index (χ4v) is 2.13. The van der Waals surface area contributed by atoms with Crippen LogP contribution in [0.25, 0.3) is 5.69 Å². The van der Waals surface area contributed by atoms with E-state index in [-0.39, 0.29) is 51.4 Å². The number of hydrogen-bond acceptors (Lipinski definition) is 2. The van der Waals surface area contributed by atoms with Crippen molar-refractivity contribution in [3.05, 3.63) is 87.2 Å². The Morgan fingerprint density at radius 2 is 1.38 bits per heavy atom. The largest absolute Gasteiger partial charge is 1.00 e. The summed E-state index contributed by atoms with van der Waals surface area (Å²) in [6.07, 6.45) is 0. The number of para-hydroxylation sites is 1. The molecule has 3 rings (SSSR count). The molecule has 1 heterocycles. The van der Waals surface area contributed by atoms with E-state index in [9.17, 15) is 9.59 Å². The molecule has 0 amide bonds. The number of nitrogens with one attached hydrogen (secondary N) is 1. The van der Waals surface area contributed by atoms with Gasteiger partial charge < -0.3 is 0 Å². The average Bonchev–Trinajstić information content (AvgIpc) is 2.75. The monoisotopic (exact) mass is 306 g/mol. The van der Waals surface area contributed by atoms with Crippen LogP contribution < -0.4 is 62.8 Å². The van der Waals surface area contributed by atoms with Crippen molar-refractivity contribution in [2.24, 2.45) is 0 Å². The second kappa shape index (κ2) is 7.19. The standard InChI is InChI=1S/C15H13N3O2.K/c19-14-16-15(20)18(13-9-5-2-6-10-13)17(14)11-12-7-3-1-4-8-12;/h1-10H,11H2,(H,16,19,20);/q;+1. The van der Waals surface area contributed by atoms with Crippen LogP contribution in [0.3, 0.4) is 0 Å². The summed E-state index contributed by atoms with van der Waals surface area (Å²) < 4.78 is 2.75. The van der Waals surface area contributed by atoms with Gasteiger partial charge in [0.2, 0.25) is 0 Å². The number of aromatic amines is 1. The van der Waals surface area contributed by atoms with Gasteiger partial charge in [-0.2, -0.15) is 4.68 Å². The molecule has 0 atom stereocenters. The molecule has 1 aromatic heterocycles. The van der Waals surface area contributed by atoms with E-state index < -0.39 is 11.4 Å². The van der Waals surface area contributed by atoms with Gasteiger partial charge in [0.05, 0.1) is 12.2 Å². The van der Waals surface area contributed by atoms with Crippen LogP contribution in [0.2, 0.25) is 0 Å². The molecule has 0 unspecified atom stereocenters. The predicted octanol–water partition coefficient (Wildman–Crippen LogP) is -1.62. The molecule has 1 N–H and O–H groups in total. The van der Waals surface area contributed by atoms with Crippen LogP contribution in [0.4, 0.5) is 0 Å². The molecule has 5 nitrogen and oxygen atoms in total. The maximum Gasteiger partial charge on any atom is 1.00 e. The number of rotatable bonds is 3.